The third-order valence-electron chi connectivity index (χ3n) is 7.61. The molecule has 2 heterocycles. The number of rotatable bonds is 9. The fourth-order valence-electron chi connectivity index (χ4n) is 5.46. The van der Waals surface area contributed by atoms with Crippen molar-refractivity contribution in [2.45, 2.75) is 32.7 Å². The third-order valence-corrected chi connectivity index (χ3v) is 7.61. The van der Waals surface area contributed by atoms with Gasteiger partial charge in [-0.1, -0.05) is 49.4 Å². The van der Waals surface area contributed by atoms with Crippen molar-refractivity contribution in [3.05, 3.63) is 102 Å². The van der Waals surface area contributed by atoms with Crippen molar-refractivity contribution in [3.8, 4) is 5.75 Å². The molecule has 1 unspecified atom stereocenters. The number of aromatic nitrogens is 1. The predicted molar refractivity (Wildman–Crippen MR) is 150 cm³/mol. The van der Waals surface area contributed by atoms with Crippen molar-refractivity contribution in [3.63, 3.8) is 0 Å². The Balaban J connectivity index is 1.50. The van der Waals surface area contributed by atoms with E-state index in [0.29, 0.717) is 19.6 Å². The van der Waals surface area contributed by atoms with Crippen LogP contribution in [-0.2, 0) is 11.3 Å². The highest BCUT2D eigenvalue weighted by atomic mass is 19.1. The molecule has 1 aliphatic heterocycles. The first-order valence-corrected chi connectivity index (χ1v) is 13.6. The van der Waals surface area contributed by atoms with Crippen LogP contribution in [0.15, 0.2) is 79.0 Å². The Morgan fingerprint density at radius 3 is 2.32 bits per heavy atom. The lowest BCUT2D eigenvalue weighted by molar-refractivity contribution is -0.133. The summed E-state index contributed by atoms with van der Waals surface area (Å²) in [6, 6.07) is 23.2. The molecule has 5 nitrogen and oxygen atoms in total. The predicted octanol–water partition coefficient (Wildman–Crippen LogP) is 5.91. The standard InChI is InChI=1S/C32H36FN3O2/c1-3-34-17-19-35(20-18-34)32(37)21-29(25-11-15-27(16-12-25)38-4-2)30-23-36(31-8-6-5-7-28(30)31)22-24-9-13-26(33)14-10-24/h5-16,23,29H,3-4,17-22H2,1-2H3. The molecule has 198 valence electrons. The van der Waals surface area contributed by atoms with Crippen molar-refractivity contribution in [1.29, 1.82) is 0 Å². The Hall–Kier alpha value is -3.64. The summed E-state index contributed by atoms with van der Waals surface area (Å²) in [6.07, 6.45) is 2.59. The highest BCUT2D eigenvalue weighted by Crippen LogP contribution is 2.36. The van der Waals surface area contributed by atoms with Gasteiger partial charge in [0, 0.05) is 62.2 Å². The zero-order chi connectivity index (χ0) is 26.5. The number of amides is 1. The molecule has 0 saturated carbocycles. The second-order valence-corrected chi connectivity index (χ2v) is 9.93. The van der Waals surface area contributed by atoms with E-state index >= 15 is 0 Å². The summed E-state index contributed by atoms with van der Waals surface area (Å²) in [4.78, 5) is 18.0. The van der Waals surface area contributed by atoms with Gasteiger partial charge in [-0.2, -0.15) is 0 Å². The molecular weight excluding hydrogens is 477 g/mol. The SMILES string of the molecule is CCOc1ccc(C(CC(=O)N2CCN(CC)CC2)c2cn(Cc3ccc(F)cc3)c3ccccc23)cc1. The lowest BCUT2D eigenvalue weighted by Gasteiger charge is -2.35. The quantitative estimate of drug-likeness (QED) is 0.279. The minimum absolute atomic E-state index is 0.0956. The van der Waals surface area contributed by atoms with Crippen LogP contribution in [0.5, 0.6) is 5.75 Å². The largest absolute Gasteiger partial charge is 0.494 e. The minimum atomic E-state index is -0.236. The van der Waals surface area contributed by atoms with Crippen LogP contribution in [0.3, 0.4) is 0 Å². The highest BCUT2D eigenvalue weighted by Gasteiger charge is 2.27. The highest BCUT2D eigenvalue weighted by molar-refractivity contribution is 5.87. The number of para-hydroxylation sites is 1. The second-order valence-electron chi connectivity index (χ2n) is 9.93. The topological polar surface area (TPSA) is 37.7 Å². The number of carbonyl (C=O) groups is 1. The van der Waals surface area contributed by atoms with Crippen molar-refractivity contribution in [1.82, 2.24) is 14.4 Å². The van der Waals surface area contributed by atoms with E-state index in [1.807, 2.05) is 42.2 Å². The molecule has 5 rings (SSSR count). The van der Waals surface area contributed by atoms with Crippen LogP contribution in [0.2, 0.25) is 0 Å². The molecule has 0 spiro atoms. The smallest absolute Gasteiger partial charge is 0.223 e. The summed E-state index contributed by atoms with van der Waals surface area (Å²) < 4.78 is 21.4. The number of piperazine rings is 1. The maximum atomic E-state index is 13.6. The van der Waals surface area contributed by atoms with Crippen molar-refractivity contribution >= 4 is 16.8 Å². The Labute approximate surface area is 224 Å². The molecule has 0 bridgehead atoms. The second kappa shape index (κ2) is 11.8. The van der Waals surface area contributed by atoms with E-state index in [1.54, 1.807) is 0 Å². The molecule has 1 saturated heterocycles. The number of benzene rings is 3. The summed E-state index contributed by atoms with van der Waals surface area (Å²) in [5.74, 6) is 0.688. The number of hydrogen-bond acceptors (Lipinski definition) is 3. The van der Waals surface area contributed by atoms with Crippen molar-refractivity contribution in [2.24, 2.45) is 0 Å². The van der Waals surface area contributed by atoms with E-state index in [-0.39, 0.29) is 17.6 Å². The number of halogens is 1. The number of carbonyl (C=O) groups excluding carboxylic acids is 1. The van der Waals surface area contributed by atoms with Gasteiger partial charge < -0.3 is 19.1 Å². The van der Waals surface area contributed by atoms with Crippen LogP contribution in [0.25, 0.3) is 10.9 Å². The molecule has 1 aromatic heterocycles. The van der Waals surface area contributed by atoms with E-state index in [2.05, 4.69) is 52.9 Å². The molecule has 3 aromatic carbocycles. The first-order chi connectivity index (χ1) is 18.6. The van der Waals surface area contributed by atoms with E-state index in [1.165, 1.54) is 12.1 Å². The van der Waals surface area contributed by atoms with E-state index in [0.717, 1.165) is 66.1 Å². The van der Waals surface area contributed by atoms with E-state index in [9.17, 15) is 9.18 Å². The van der Waals surface area contributed by atoms with Gasteiger partial charge in [0.25, 0.3) is 0 Å². The van der Waals surface area contributed by atoms with Gasteiger partial charge in [0.1, 0.15) is 11.6 Å². The third kappa shape index (κ3) is 5.76. The van der Waals surface area contributed by atoms with E-state index < -0.39 is 0 Å². The molecule has 0 aliphatic carbocycles. The number of ether oxygens (including phenoxy) is 1. The summed E-state index contributed by atoms with van der Waals surface area (Å²) >= 11 is 0. The van der Waals surface area contributed by atoms with Gasteiger partial charge in [0.2, 0.25) is 5.91 Å². The van der Waals surface area contributed by atoms with Gasteiger partial charge in [-0.15, -0.1) is 0 Å². The zero-order valence-corrected chi connectivity index (χ0v) is 22.3. The van der Waals surface area contributed by atoms with Gasteiger partial charge >= 0.3 is 0 Å². The first-order valence-electron chi connectivity index (χ1n) is 13.6. The van der Waals surface area contributed by atoms with Crippen molar-refractivity contribution < 1.29 is 13.9 Å². The van der Waals surface area contributed by atoms with Gasteiger partial charge in [0.05, 0.1) is 6.61 Å². The number of likely N-dealkylation sites (N-methyl/N-ethyl adjacent to an activating group) is 1. The fraction of sp³-hybridized carbons (Fsp3) is 0.344. The van der Waals surface area contributed by atoms with Crippen LogP contribution in [-0.4, -0.2) is 59.6 Å². The Bertz CT molecular complexity index is 1360. The molecule has 1 amide bonds. The molecule has 1 fully saturated rings. The normalized spacial score (nSPS) is 15.1. The van der Waals surface area contributed by atoms with Gasteiger partial charge in [0.15, 0.2) is 0 Å². The number of nitrogens with zero attached hydrogens (tertiary/aromatic N) is 3. The van der Waals surface area contributed by atoms with Crippen LogP contribution >= 0.6 is 0 Å². The molecule has 0 N–H and O–H groups in total. The lowest BCUT2D eigenvalue weighted by Crippen LogP contribution is -2.48. The fourth-order valence-corrected chi connectivity index (χ4v) is 5.46. The monoisotopic (exact) mass is 513 g/mol. The number of fused-ring (bicyclic) bond motifs is 1. The van der Waals surface area contributed by atoms with Gasteiger partial charge in [-0.3, -0.25) is 4.79 Å². The van der Waals surface area contributed by atoms with Gasteiger partial charge in [-0.25, -0.2) is 4.39 Å². The Morgan fingerprint density at radius 1 is 0.921 bits per heavy atom. The van der Waals surface area contributed by atoms with E-state index in [4.69, 9.17) is 4.74 Å². The minimum Gasteiger partial charge on any atom is -0.494 e. The van der Waals surface area contributed by atoms with Crippen LogP contribution in [0.1, 0.15) is 42.9 Å². The summed E-state index contributed by atoms with van der Waals surface area (Å²) in [5, 5.41) is 1.14. The van der Waals surface area contributed by atoms with Crippen molar-refractivity contribution in [2.75, 3.05) is 39.3 Å². The molecule has 0 radical (unpaired) electrons. The molecular formula is C32H36FN3O2. The molecule has 1 atom stereocenters. The summed E-state index contributed by atoms with van der Waals surface area (Å²) in [5.41, 5.74) is 4.36. The molecule has 38 heavy (non-hydrogen) atoms. The average Bonchev–Trinajstić information content (AvgIpc) is 3.31. The summed E-state index contributed by atoms with van der Waals surface area (Å²) in [6.45, 7) is 9.80. The van der Waals surface area contributed by atoms with Crippen LogP contribution in [0, 0.1) is 5.82 Å². The Morgan fingerprint density at radius 2 is 1.63 bits per heavy atom. The molecule has 4 aromatic rings. The lowest BCUT2D eigenvalue weighted by atomic mass is 9.87. The Kier molecular flexibility index (Phi) is 8.08. The average molecular weight is 514 g/mol. The number of hydrogen-bond donors (Lipinski definition) is 0. The van der Waals surface area contributed by atoms with Crippen LogP contribution < -0.4 is 4.74 Å². The zero-order valence-electron chi connectivity index (χ0n) is 22.3. The molecule has 1 aliphatic rings. The maximum absolute atomic E-state index is 13.6. The molecule has 6 heteroatoms. The summed E-state index contributed by atoms with van der Waals surface area (Å²) in [7, 11) is 0. The van der Waals surface area contributed by atoms with Crippen LogP contribution in [0.4, 0.5) is 4.39 Å². The maximum Gasteiger partial charge on any atom is 0.223 e. The first kappa shape index (κ1) is 26.0. The van der Waals surface area contributed by atoms with Gasteiger partial charge in [-0.05, 0) is 60.5 Å².